The lowest BCUT2D eigenvalue weighted by Crippen LogP contribution is -2.37. The number of rotatable bonds is 6. The average molecular weight is 292 g/mol. The van der Waals surface area contributed by atoms with Gasteiger partial charge in [-0.2, -0.15) is 0 Å². The number of likely N-dealkylation sites (tertiary alicyclic amines) is 1. The molecule has 1 aromatic carbocycles. The minimum atomic E-state index is -0.436. The van der Waals surface area contributed by atoms with E-state index >= 15 is 0 Å². The van der Waals surface area contributed by atoms with Crippen LogP contribution in [0.3, 0.4) is 0 Å². The van der Waals surface area contributed by atoms with Gasteiger partial charge in [-0.3, -0.25) is 9.69 Å². The number of phenolic OH excluding ortho intramolecular Hbond substituents is 1. The smallest absolute Gasteiger partial charge is 0.245 e. The summed E-state index contributed by atoms with van der Waals surface area (Å²) in [5.74, 6) is 0.588. The number of amides is 1. The maximum absolute atomic E-state index is 11.0. The number of hydrogen-bond acceptors (Lipinski definition) is 4. The highest BCUT2D eigenvalue weighted by atomic mass is 16.3. The van der Waals surface area contributed by atoms with Crippen LogP contribution in [0.1, 0.15) is 24.8 Å². The predicted octanol–water partition coefficient (Wildman–Crippen LogP) is 1.10. The van der Waals surface area contributed by atoms with Crippen molar-refractivity contribution in [2.45, 2.75) is 25.8 Å². The molecular formula is C16H24N2O3. The fourth-order valence-corrected chi connectivity index (χ4v) is 2.92. The van der Waals surface area contributed by atoms with Gasteiger partial charge < -0.3 is 15.5 Å². The van der Waals surface area contributed by atoms with Crippen molar-refractivity contribution in [3.05, 3.63) is 29.8 Å². The Kier molecular flexibility index (Phi) is 6.02. The number of aliphatic hydroxyl groups is 1. The van der Waals surface area contributed by atoms with E-state index in [1.54, 1.807) is 6.07 Å². The third kappa shape index (κ3) is 5.36. The summed E-state index contributed by atoms with van der Waals surface area (Å²) in [6.07, 6.45) is 3.30. The zero-order chi connectivity index (χ0) is 15.1. The monoisotopic (exact) mass is 292 g/mol. The Morgan fingerprint density at radius 1 is 1.43 bits per heavy atom. The number of phenols is 1. The van der Waals surface area contributed by atoms with Crippen molar-refractivity contribution in [3.63, 3.8) is 0 Å². The third-order valence-corrected chi connectivity index (χ3v) is 3.94. The number of aliphatic hydroxyl groups excluding tert-OH is 1. The van der Waals surface area contributed by atoms with Gasteiger partial charge in [0.25, 0.3) is 0 Å². The van der Waals surface area contributed by atoms with Crippen molar-refractivity contribution in [2.24, 2.45) is 5.92 Å². The molecule has 3 N–H and O–H groups in total. The summed E-state index contributed by atoms with van der Waals surface area (Å²) in [6, 6.07) is 7.40. The molecule has 1 fully saturated rings. The fourth-order valence-electron chi connectivity index (χ4n) is 2.92. The van der Waals surface area contributed by atoms with E-state index in [4.69, 9.17) is 5.11 Å². The van der Waals surface area contributed by atoms with E-state index in [1.807, 2.05) is 18.2 Å². The molecule has 116 valence electrons. The molecule has 1 aliphatic heterocycles. The van der Waals surface area contributed by atoms with Crippen LogP contribution in [-0.2, 0) is 11.3 Å². The Bertz CT molecular complexity index is 465. The molecule has 0 spiro atoms. The molecule has 1 aromatic rings. The van der Waals surface area contributed by atoms with E-state index < -0.39 is 6.61 Å². The molecular weight excluding hydrogens is 268 g/mol. The van der Waals surface area contributed by atoms with Gasteiger partial charge in [0.2, 0.25) is 5.91 Å². The van der Waals surface area contributed by atoms with Crippen LogP contribution in [0.25, 0.3) is 0 Å². The van der Waals surface area contributed by atoms with E-state index in [0.717, 1.165) is 38.0 Å². The highest BCUT2D eigenvalue weighted by Gasteiger charge is 2.19. The van der Waals surface area contributed by atoms with Crippen LogP contribution in [-0.4, -0.2) is 47.3 Å². The van der Waals surface area contributed by atoms with E-state index in [0.29, 0.717) is 18.2 Å². The molecule has 0 saturated carbocycles. The highest BCUT2D eigenvalue weighted by molar-refractivity contribution is 5.76. The molecule has 0 aromatic heterocycles. The molecule has 5 nitrogen and oxygen atoms in total. The first kappa shape index (κ1) is 15.8. The van der Waals surface area contributed by atoms with Crippen molar-refractivity contribution in [3.8, 4) is 5.75 Å². The van der Waals surface area contributed by atoms with Gasteiger partial charge >= 0.3 is 0 Å². The van der Waals surface area contributed by atoms with Gasteiger partial charge in [-0.25, -0.2) is 0 Å². The van der Waals surface area contributed by atoms with Crippen molar-refractivity contribution in [1.29, 1.82) is 0 Å². The number of carbonyl (C=O) groups is 1. The van der Waals surface area contributed by atoms with Crippen molar-refractivity contribution >= 4 is 5.91 Å². The summed E-state index contributed by atoms with van der Waals surface area (Å²) in [5, 5.41) is 20.9. The summed E-state index contributed by atoms with van der Waals surface area (Å²) in [5.41, 5.74) is 1.13. The quantitative estimate of drug-likeness (QED) is 0.734. The largest absolute Gasteiger partial charge is 0.508 e. The molecule has 1 aliphatic rings. The Morgan fingerprint density at radius 2 is 2.29 bits per heavy atom. The van der Waals surface area contributed by atoms with E-state index in [9.17, 15) is 9.90 Å². The number of piperidine rings is 1. The topological polar surface area (TPSA) is 72.8 Å². The molecule has 0 bridgehead atoms. The third-order valence-electron chi connectivity index (χ3n) is 3.94. The first-order chi connectivity index (χ1) is 10.2. The van der Waals surface area contributed by atoms with Gasteiger partial charge in [0.15, 0.2) is 0 Å². The van der Waals surface area contributed by atoms with Crippen molar-refractivity contribution in [1.82, 2.24) is 10.2 Å². The fraction of sp³-hybridized carbons (Fsp3) is 0.562. The number of nitrogens with one attached hydrogen (secondary N) is 1. The molecule has 1 amide bonds. The lowest BCUT2D eigenvalue weighted by Gasteiger charge is -2.32. The normalized spacial score (nSPS) is 19.4. The molecule has 2 rings (SSSR count). The van der Waals surface area contributed by atoms with E-state index in [-0.39, 0.29) is 5.91 Å². The summed E-state index contributed by atoms with van der Waals surface area (Å²) in [7, 11) is 0. The van der Waals surface area contributed by atoms with Crippen molar-refractivity contribution in [2.75, 3.05) is 26.2 Å². The maximum Gasteiger partial charge on any atom is 0.245 e. The van der Waals surface area contributed by atoms with Crippen molar-refractivity contribution < 1.29 is 15.0 Å². The molecule has 0 aliphatic carbocycles. The summed E-state index contributed by atoms with van der Waals surface area (Å²) in [4.78, 5) is 13.4. The first-order valence-corrected chi connectivity index (χ1v) is 7.55. The van der Waals surface area contributed by atoms with E-state index in [2.05, 4.69) is 10.2 Å². The predicted molar refractivity (Wildman–Crippen MR) is 80.8 cm³/mol. The zero-order valence-corrected chi connectivity index (χ0v) is 12.3. The van der Waals surface area contributed by atoms with Crippen LogP contribution in [0.5, 0.6) is 5.75 Å². The Labute approximate surface area is 125 Å². The van der Waals surface area contributed by atoms with Gasteiger partial charge in [-0.05, 0) is 49.4 Å². The summed E-state index contributed by atoms with van der Waals surface area (Å²) in [6.45, 7) is 3.14. The molecule has 0 radical (unpaired) electrons. The first-order valence-electron chi connectivity index (χ1n) is 7.55. The van der Waals surface area contributed by atoms with Crippen LogP contribution < -0.4 is 5.32 Å². The van der Waals surface area contributed by atoms with Gasteiger partial charge in [0.1, 0.15) is 12.4 Å². The molecule has 0 unspecified atom stereocenters. The minimum absolute atomic E-state index is 0.303. The molecule has 1 heterocycles. The number of nitrogens with zero attached hydrogens (tertiary/aromatic N) is 1. The maximum atomic E-state index is 11.0. The molecule has 5 heteroatoms. The Morgan fingerprint density at radius 3 is 3.05 bits per heavy atom. The number of benzene rings is 1. The highest BCUT2D eigenvalue weighted by Crippen LogP contribution is 2.21. The van der Waals surface area contributed by atoms with Crippen LogP contribution in [0.2, 0.25) is 0 Å². The Hall–Kier alpha value is -1.59. The van der Waals surface area contributed by atoms with Crippen LogP contribution in [0, 0.1) is 5.92 Å². The SMILES string of the molecule is O=C(CO)NCC[C@@H]1CCCN(Cc2cccc(O)c2)C1. The van der Waals surface area contributed by atoms with Gasteiger partial charge in [0, 0.05) is 19.6 Å². The zero-order valence-electron chi connectivity index (χ0n) is 12.3. The summed E-state index contributed by atoms with van der Waals surface area (Å²) < 4.78 is 0. The van der Waals surface area contributed by atoms with Crippen LogP contribution in [0.15, 0.2) is 24.3 Å². The second-order valence-corrected chi connectivity index (χ2v) is 5.71. The lowest BCUT2D eigenvalue weighted by molar-refractivity contribution is -0.123. The molecule has 21 heavy (non-hydrogen) atoms. The minimum Gasteiger partial charge on any atom is -0.508 e. The second-order valence-electron chi connectivity index (χ2n) is 5.71. The summed E-state index contributed by atoms with van der Waals surface area (Å²) >= 11 is 0. The van der Waals surface area contributed by atoms with Gasteiger partial charge in [-0.1, -0.05) is 12.1 Å². The Balaban J connectivity index is 1.76. The van der Waals surface area contributed by atoms with Crippen LogP contribution >= 0.6 is 0 Å². The standard InChI is InChI=1S/C16H24N2O3/c19-12-16(21)17-7-6-13-4-2-8-18(10-13)11-14-3-1-5-15(20)9-14/h1,3,5,9,13,19-20H,2,4,6-8,10-12H2,(H,17,21)/t13-/m0/s1. The lowest BCUT2D eigenvalue weighted by atomic mass is 9.94. The second kappa shape index (κ2) is 8.00. The molecule has 1 saturated heterocycles. The number of hydrogen-bond donors (Lipinski definition) is 3. The number of aromatic hydroxyl groups is 1. The molecule has 1 atom stereocenters. The van der Waals surface area contributed by atoms with Gasteiger partial charge in [-0.15, -0.1) is 0 Å². The van der Waals surface area contributed by atoms with E-state index in [1.165, 1.54) is 6.42 Å². The number of carbonyl (C=O) groups excluding carboxylic acids is 1. The van der Waals surface area contributed by atoms with Crippen LogP contribution in [0.4, 0.5) is 0 Å². The average Bonchev–Trinajstić information content (AvgIpc) is 2.47. The van der Waals surface area contributed by atoms with Gasteiger partial charge in [0.05, 0.1) is 0 Å².